The monoisotopic (exact) mass is 212 g/mol. The summed E-state index contributed by atoms with van der Waals surface area (Å²) < 4.78 is 5.14. The molecule has 0 saturated heterocycles. The average molecular weight is 212 g/mol. The number of hydrogen-bond donors (Lipinski definition) is 1. The molecule has 0 spiro atoms. The molecule has 0 amide bonds. The molecule has 1 rings (SSSR count). The van der Waals surface area contributed by atoms with Crippen LogP contribution < -0.4 is 0 Å². The van der Waals surface area contributed by atoms with Gasteiger partial charge in [-0.15, -0.1) is 0 Å². The summed E-state index contributed by atoms with van der Waals surface area (Å²) in [4.78, 5) is 11.8. The summed E-state index contributed by atoms with van der Waals surface area (Å²) in [6.07, 6.45) is 4.97. The molecule has 86 valence electrons. The third kappa shape index (κ3) is 3.06. The predicted molar refractivity (Wildman–Crippen MR) is 58.3 cm³/mol. The van der Waals surface area contributed by atoms with Gasteiger partial charge in [0, 0.05) is 25.0 Å². The molecule has 1 N–H and O–H groups in total. The summed E-state index contributed by atoms with van der Waals surface area (Å²) in [5.74, 6) is 1.43. The van der Waals surface area contributed by atoms with Crippen LogP contribution in [0.4, 0.5) is 0 Å². The lowest BCUT2D eigenvalue weighted by Crippen LogP contribution is -2.27. The van der Waals surface area contributed by atoms with Crippen LogP contribution in [-0.4, -0.2) is 24.6 Å². The van der Waals surface area contributed by atoms with Gasteiger partial charge >= 0.3 is 0 Å². The van der Waals surface area contributed by atoms with Crippen molar-refractivity contribution in [1.29, 1.82) is 0 Å². The number of rotatable bonds is 5. The van der Waals surface area contributed by atoms with Crippen LogP contribution in [0.25, 0.3) is 0 Å². The first-order chi connectivity index (χ1) is 7.22. The molecule has 15 heavy (non-hydrogen) atoms. The third-order valence-electron chi connectivity index (χ3n) is 3.16. The van der Waals surface area contributed by atoms with Gasteiger partial charge in [0.2, 0.25) is 0 Å². The van der Waals surface area contributed by atoms with Gasteiger partial charge in [-0.1, -0.05) is 13.3 Å². The number of allylic oxidation sites excluding steroid dienone is 2. The highest BCUT2D eigenvalue weighted by Gasteiger charge is 2.30. The van der Waals surface area contributed by atoms with E-state index in [1.165, 1.54) is 0 Å². The number of ether oxygens (including phenoxy) is 1. The van der Waals surface area contributed by atoms with Crippen molar-refractivity contribution in [1.82, 2.24) is 0 Å². The largest absolute Gasteiger partial charge is 0.501 e. The lowest BCUT2D eigenvalue weighted by atomic mass is 9.77. The number of hydrogen-bond acceptors (Lipinski definition) is 3. The molecule has 3 nitrogen and oxygen atoms in total. The van der Waals surface area contributed by atoms with E-state index in [0.29, 0.717) is 12.3 Å². The molecule has 0 aromatic rings. The normalized spacial score (nSPS) is 26.3. The van der Waals surface area contributed by atoms with E-state index < -0.39 is 0 Å². The third-order valence-corrected chi connectivity index (χ3v) is 3.16. The molecular formula is C12H20O3. The Morgan fingerprint density at radius 2 is 2.33 bits per heavy atom. The zero-order chi connectivity index (χ0) is 11.3. The standard InChI is InChI=1S/C12H20O3/c1-3-9-7-10(15-2)8-12(14)11(9)5-4-6-13/h8-9,11,13H,3-7H2,1-2H3/t9-,11?/m0/s1. The maximum atomic E-state index is 11.8. The zero-order valence-corrected chi connectivity index (χ0v) is 9.53. The van der Waals surface area contributed by atoms with Crippen molar-refractivity contribution in [3.05, 3.63) is 11.8 Å². The SMILES string of the molecule is CC[C@H]1CC(OC)=CC(=O)C1CCCO. The molecule has 1 aliphatic rings. The van der Waals surface area contributed by atoms with Crippen molar-refractivity contribution in [2.24, 2.45) is 11.8 Å². The first-order valence-electron chi connectivity index (χ1n) is 5.62. The minimum atomic E-state index is 0.0843. The molecular weight excluding hydrogens is 192 g/mol. The van der Waals surface area contributed by atoms with Gasteiger partial charge in [-0.3, -0.25) is 4.79 Å². The first kappa shape index (κ1) is 12.2. The molecule has 0 aliphatic heterocycles. The maximum Gasteiger partial charge on any atom is 0.162 e. The van der Waals surface area contributed by atoms with Crippen LogP contribution in [0.2, 0.25) is 0 Å². The summed E-state index contributed by atoms with van der Waals surface area (Å²) in [7, 11) is 1.61. The highest BCUT2D eigenvalue weighted by atomic mass is 16.5. The minimum Gasteiger partial charge on any atom is -0.501 e. The maximum absolute atomic E-state index is 11.8. The molecule has 0 aromatic carbocycles. The lowest BCUT2D eigenvalue weighted by molar-refractivity contribution is -0.121. The van der Waals surface area contributed by atoms with Gasteiger partial charge in [-0.25, -0.2) is 0 Å². The van der Waals surface area contributed by atoms with Crippen molar-refractivity contribution in [3.63, 3.8) is 0 Å². The molecule has 1 unspecified atom stereocenters. The zero-order valence-electron chi connectivity index (χ0n) is 9.53. The van der Waals surface area contributed by atoms with Crippen LogP contribution in [0.15, 0.2) is 11.8 Å². The summed E-state index contributed by atoms with van der Waals surface area (Å²) in [6.45, 7) is 2.27. The van der Waals surface area contributed by atoms with E-state index in [9.17, 15) is 4.79 Å². The Morgan fingerprint density at radius 1 is 1.60 bits per heavy atom. The summed E-state index contributed by atoms with van der Waals surface area (Å²) in [6, 6.07) is 0. The molecule has 0 heterocycles. The van der Waals surface area contributed by atoms with Crippen molar-refractivity contribution in [2.45, 2.75) is 32.6 Å². The van der Waals surface area contributed by atoms with Crippen LogP contribution in [0.1, 0.15) is 32.6 Å². The van der Waals surface area contributed by atoms with Crippen molar-refractivity contribution in [2.75, 3.05) is 13.7 Å². The van der Waals surface area contributed by atoms with Gasteiger partial charge in [-0.05, 0) is 18.8 Å². The molecule has 1 aliphatic carbocycles. The topological polar surface area (TPSA) is 46.5 Å². The van der Waals surface area contributed by atoms with Crippen molar-refractivity contribution in [3.8, 4) is 0 Å². The highest BCUT2D eigenvalue weighted by molar-refractivity contribution is 5.93. The number of ketones is 1. The van der Waals surface area contributed by atoms with Gasteiger partial charge < -0.3 is 9.84 Å². The number of aliphatic hydroxyl groups is 1. The minimum absolute atomic E-state index is 0.0843. The van der Waals surface area contributed by atoms with E-state index in [4.69, 9.17) is 9.84 Å². The van der Waals surface area contributed by atoms with E-state index in [1.54, 1.807) is 13.2 Å². The van der Waals surface area contributed by atoms with Crippen LogP contribution in [0, 0.1) is 11.8 Å². The predicted octanol–water partition coefficient (Wildman–Crippen LogP) is 1.90. The molecule has 0 bridgehead atoms. The summed E-state index contributed by atoms with van der Waals surface area (Å²) in [5.41, 5.74) is 0. The van der Waals surface area contributed by atoms with E-state index in [-0.39, 0.29) is 18.3 Å². The van der Waals surface area contributed by atoms with Crippen LogP contribution in [0.3, 0.4) is 0 Å². The van der Waals surface area contributed by atoms with Gasteiger partial charge in [0.15, 0.2) is 5.78 Å². The van der Waals surface area contributed by atoms with E-state index >= 15 is 0 Å². The van der Waals surface area contributed by atoms with Gasteiger partial charge in [0.05, 0.1) is 12.9 Å². The van der Waals surface area contributed by atoms with E-state index in [0.717, 1.165) is 25.0 Å². The smallest absolute Gasteiger partial charge is 0.162 e. The molecule has 2 atom stereocenters. The quantitative estimate of drug-likeness (QED) is 0.757. The average Bonchev–Trinajstić information content (AvgIpc) is 2.26. The fourth-order valence-corrected chi connectivity index (χ4v) is 2.22. The Labute approximate surface area is 91.1 Å². The second-order valence-corrected chi connectivity index (χ2v) is 4.06. The van der Waals surface area contributed by atoms with E-state index in [1.807, 2.05) is 0 Å². The fraction of sp³-hybridized carbons (Fsp3) is 0.750. The van der Waals surface area contributed by atoms with Crippen molar-refractivity contribution >= 4 is 5.78 Å². The number of carbonyl (C=O) groups is 1. The number of aliphatic hydroxyl groups excluding tert-OH is 1. The Bertz CT molecular complexity index is 245. The van der Waals surface area contributed by atoms with Gasteiger partial charge in [0.1, 0.15) is 0 Å². The van der Waals surface area contributed by atoms with Crippen molar-refractivity contribution < 1.29 is 14.6 Å². The Kier molecular flexibility index (Phi) is 4.82. The molecule has 0 fully saturated rings. The second-order valence-electron chi connectivity index (χ2n) is 4.06. The fourth-order valence-electron chi connectivity index (χ4n) is 2.22. The van der Waals surface area contributed by atoms with Crippen LogP contribution in [0.5, 0.6) is 0 Å². The second kappa shape index (κ2) is 5.91. The van der Waals surface area contributed by atoms with Gasteiger partial charge in [0.25, 0.3) is 0 Å². The Morgan fingerprint density at radius 3 is 2.87 bits per heavy atom. The molecule has 0 radical (unpaired) electrons. The summed E-state index contributed by atoms with van der Waals surface area (Å²) in [5, 5.41) is 8.79. The molecule has 0 aromatic heterocycles. The molecule has 0 saturated carbocycles. The molecule has 3 heteroatoms. The highest BCUT2D eigenvalue weighted by Crippen LogP contribution is 2.32. The van der Waals surface area contributed by atoms with Gasteiger partial charge in [-0.2, -0.15) is 0 Å². The number of carbonyl (C=O) groups excluding carboxylic acids is 1. The Hall–Kier alpha value is -0.830. The Balaban J connectivity index is 2.68. The van der Waals surface area contributed by atoms with E-state index in [2.05, 4.69) is 6.92 Å². The van der Waals surface area contributed by atoms with Crippen LogP contribution in [-0.2, 0) is 9.53 Å². The number of methoxy groups -OCH3 is 1. The first-order valence-corrected chi connectivity index (χ1v) is 5.62. The summed E-state index contributed by atoms with van der Waals surface area (Å²) >= 11 is 0. The van der Waals surface area contributed by atoms with Crippen LogP contribution >= 0.6 is 0 Å². The lowest BCUT2D eigenvalue weighted by Gasteiger charge is -2.28.